The van der Waals surface area contributed by atoms with E-state index in [1.165, 1.54) is 24.3 Å². The molecule has 0 saturated carbocycles. The number of nitrogens with zero attached hydrogens (tertiary/aromatic N) is 6. The molecule has 4 aromatic carbocycles. The fraction of sp³-hybridized carbons (Fsp3) is 0.316. The Balaban J connectivity index is 1.37. The van der Waals surface area contributed by atoms with Gasteiger partial charge in [-0.25, -0.2) is 0 Å². The number of rotatable bonds is 16. The Kier molecular flexibility index (Phi) is 13.5. The summed E-state index contributed by atoms with van der Waals surface area (Å²) in [7, 11) is 0. The molecule has 8 nitrogen and oxygen atoms in total. The van der Waals surface area contributed by atoms with Crippen molar-refractivity contribution in [2.75, 3.05) is 49.2 Å². The molecular weight excluding hydrogens is 789 g/mol. The summed E-state index contributed by atoms with van der Waals surface area (Å²) in [4.78, 5) is -0.412. The predicted molar refractivity (Wildman–Crippen MR) is 203 cm³/mol. The highest BCUT2D eigenvalue weighted by atomic mass is 32.2. The molecule has 0 heterocycles. The molecule has 0 aliphatic heterocycles. The fourth-order valence-corrected chi connectivity index (χ4v) is 7.68. The van der Waals surface area contributed by atoms with E-state index < -0.39 is 33.5 Å². The average molecular weight is 825 g/mol. The summed E-state index contributed by atoms with van der Waals surface area (Å²) >= 11 is -0.350. The quantitative estimate of drug-likeness (QED) is 0.0863. The molecular formula is C38H36F8N6O2S2. The molecule has 5 rings (SSSR count). The van der Waals surface area contributed by atoms with Crippen molar-refractivity contribution in [2.45, 2.75) is 47.3 Å². The number of halogens is 8. The molecule has 0 atom stereocenters. The molecule has 1 aliphatic carbocycles. The predicted octanol–water partition coefficient (Wildman–Crippen LogP) is 11.8. The van der Waals surface area contributed by atoms with Gasteiger partial charge in [0.2, 0.25) is 0 Å². The van der Waals surface area contributed by atoms with Crippen molar-refractivity contribution in [3.8, 4) is 0 Å². The van der Waals surface area contributed by atoms with Gasteiger partial charge in [0.25, 0.3) is 0 Å². The van der Waals surface area contributed by atoms with E-state index in [1.807, 2.05) is 23.6 Å². The minimum Gasteiger partial charge on any atom is -0.395 e. The second-order valence-corrected chi connectivity index (χ2v) is 14.4. The summed E-state index contributed by atoms with van der Waals surface area (Å²) < 4.78 is 120. The first-order chi connectivity index (χ1) is 26.6. The van der Waals surface area contributed by atoms with E-state index in [2.05, 4.69) is 20.5 Å². The molecule has 18 heteroatoms. The van der Waals surface area contributed by atoms with Crippen molar-refractivity contribution in [1.29, 1.82) is 0 Å². The minimum atomic E-state index is -6.43. The van der Waals surface area contributed by atoms with Crippen LogP contribution in [0, 0.1) is 0 Å². The van der Waals surface area contributed by atoms with Crippen LogP contribution in [-0.2, 0) is 0 Å². The van der Waals surface area contributed by atoms with E-state index in [1.54, 1.807) is 48.5 Å². The number of hydrogen-bond donors (Lipinski definition) is 2. The van der Waals surface area contributed by atoms with Gasteiger partial charge in [-0.15, -0.1) is 0 Å². The van der Waals surface area contributed by atoms with Gasteiger partial charge < -0.3 is 20.0 Å². The molecule has 0 amide bonds. The summed E-state index contributed by atoms with van der Waals surface area (Å²) in [6, 6.07) is 23.5. The Bertz CT molecular complexity index is 1870. The van der Waals surface area contributed by atoms with Crippen LogP contribution in [-0.4, -0.2) is 73.3 Å². The highest BCUT2D eigenvalue weighted by Crippen LogP contribution is 2.66. The SMILES string of the molecule is CCN(CCO)c1ccc(N=Nc2ccc(SC3=C(Sc4ccc(N=Nc5ccc(N(CC)CCO)cc5)cc4)C(F)(F)C(F)(F)C(F)(F)C3(F)F)cc2)cc1. The Labute approximate surface area is 326 Å². The number of aliphatic hydroxyl groups is 2. The summed E-state index contributed by atoms with van der Waals surface area (Å²) in [5, 5.41) is 34.7. The summed E-state index contributed by atoms with van der Waals surface area (Å²) in [6.45, 7) is 6.02. The third-order valence-electron chi connectivity index (χ3n) is 8.57. The Hall–Kier alpha value is -4.52. The van der Waals surface area contributed by atoms with Gasteiger partial charge in [0, 0.05) is 47.3 Å². The maximum absolute atomic E-state index is 15.4. The lowest BCUT2D eigenvalue weighted by Gasteiger charge is -2.43. The Morgan fingerprint density at radius 3 is 0.982 bits per heavy atom. The molecule has 2 N–H and O–H groups in total. The number of allylic oxidation sites excluding steroid dienone is 2. The van der Waals surface area contributed by atoms with Crippen LogP contribution < -0.4 is 9.80 Å². The number of benzene rings is 4. The van der Waals surface area contributed by atoms with E-state index in [0.717, 1.165) is 35.6 Å². The van der Waals surface area contributed by atoms with Gasteiger partial charge in [0.1, 0.15) is 0 Å². The molecule has 0 fully saturated rings. The third-order valence-corrected chi connectivity index (χ3v) is 11.0. The molecule has 0 bridgehead atoms. The molecule has 0 spiro atoms. The molecule has 0 unspecified atom stereocenters. The molecule has 298 valence electrons. The number of thioether (sulfide) groups is 2. The van der Waals surface area contributed by atoms with Crippen molar-refractivity contribution >= 4 is 57.6 Å². The number of anilines is 2. The molecule has 0 radical (unpaired) electrons. The smallest absolute Gasteiger partial charge is 0.383 e. The van der Waals surface area contributed by atoms with Crippen LogP contribution in [0.3, 0.4) is 0 Å². The van der Waals surface area contributed by atoms with Crippen molar-refractivity contribution in [2.24, 2.45) is 20.5 Å². The van der Waals surface area contributed by atoms with Gasteiger partial charge in [-0.1, -0.05) is 23.5 Å². The van der Waals surface area contributed by atoms with Crippen LogP contribution in [0.15, 0.2) is 137 Å². The van der Waals surface area contributed by atoms with Crippen molar-refractivity contribution in [3.05, 3.63) is 107 Å². The number of azo groups is 2. The molecule has 0 aromatic heterocycles. The standard InChI is InChI=1S/C38H36F8N6O2S2/c1-3-51(21-23-53)29-13-5-25(6-14-29)47-49-27-9-17-31(18-10-27)55-33-34(36(41,42)38(45,46)37(43,44)35(33,39)40)56-32-19-11-28(12-20-32)50-48-26-7-15-30(16-8-26)52(4-2)22-24-54/h5-20,53-54H,3-4,21-24H2,1-2H3. The van der Waals surface area contributed by atoms with Gasteiger partial charge in [0.15, 0.2) is 0 Å². The lowest BCUT2D eigenvalue weighted by atomic mass is 9.91. The normalized spacial score (nSPS) is 17.1. The van der Waals surface area contributed by atoms with Crippen LogP contribution in [0.4, 0.5) is 69.2 Å². The maximum Gasteiger partial charge on any atom is 0.383 e. The van der Waals surface area contributed by atoms with Crippen molar-refractivity contribution in [3.63, 3.8) is 0 Å². The summed E-state index contributed by atoms with van der Waals surface area (Å²) in [5.41, 5.74) is 2.99. The lowest BCUT2D eigenvalue weighted by molar-refractivity contribution is -0.354. The van der Waals surface area contributed by atoms with Crippen LogP contribution in [0.2, 0.25) is 0 Å². The highest BCUT2D eigenvalue weighted by molar-refractivity contribution is 8.07. The molecule has 1 aliphatic rings. The van der Waals surface area contributed by atoms with Gasteiger partial charge in [-0.05, 0) is 111 Å². The Morgan fingerprint density at radius 1 is 0.464 bits per heavy atom. The minimum absolute atomic E-state index is 0.0255. The van der Waals surface area contributed by atoms with E-state index in [0.29, 0.717) is 37.6 Å². The van der Waals surface area contributed by atoms with Gasteiger partial charge in [-0.2, -0.15) is 55.6 Å². The van der Waals surface area contributed by atoms with Gasteiger partial charge in [0.05, 0.1) is 45.8 Å². The van der Waals surface area contributed by atoms with Gasteiger partial charge >= 0.3 is 23.7 Å². The van der Waals surface area contributed by atoms with E-state index in [9.17, 15) is 27.8 Å². The summed E-state index contributed by atoms with van der Waals surface area (Å²) in [5.74, 6) is -24.2. The number of likely N-dealkylation sites (N-methyl/N-ethyl adjacent to an activating group) is 2. The van der Waals surface area contributed by atoms with Crippen molar-refractivity contribution in [1.82, 2.24) is 0 Å². The van der Waals surface area contributed by atoms with Crippen LogP contribution in [0.5, 0.6) is 0 Å². The number of aliphatic hydroxyl groups excluding tert-OH is 2. The first-order valence-electron chi connectivity index (χ1n) is 17.2. The number of hydrogen-bond acceptors (Lipinski definition) is 10. The molecule has 0 saturated heterocycles. The van der Waals surface area contributed by atoms with E-state index >= 15 is 17.6 Å². The first-order valence-corrected chi connectivity index (χ1v) is 18.8. The highest BCUT2D eigenvalue weighted by Gasteiger charge is 2.86. The van der Waals surface area contributed by atoms with Crippen LogP contribution in [0.25, 0.3) is 0 Å². The topological polar surface area (TPSA) is 96.4 Å². The zero-order valence-electron chi connectivity index (χ0n) is 29.9. The monoisotopic (exact) mass is 824 g/mol. The van der Waals surface area contributed by atoms with Crippen LogP contribution >= 0.6 is 23.5 Å². The summed E-state index contributed by atoms with van der Waals surface area (Å²) in [6.07, 6.45) is 0. The van der Waals surface area contributed by atoms with E-state index in [-0.39, 0.29) is 57.9 Å². The Morgan fingerprint density at radius 2 is 0.732 bits per heavy atom. The third kappa shape index (κ3) is 8.87. The van der Waals surface area contributed by atoms with Crippen molar-refractivity contribution < 1.29 is 45.3 Å². The van der Waals surface area contributed by atoms with Crippen LogP contribution in [0.1, 0.15) is 13.8 Å². The van der Waals surface area contributed by atoms with Gasteiger partial charge in [-0.3, -0.25) is 0 Å². The molecule has 4 aromatic rings. The zero-order valence-corrected chi connectivity index (χ0v) is 31.5. The van der Waals surface area contributed by atoms with E-state index in [4.69, 9.17) is 0 Å². The maximum atomic E-state index is 15.4. The zero-order chi connectivity index (χ0) is 40.7. The second kappa shape index (κ2) is 17.7. The molecule has 56 heavy (non-hydrogen) atoms. The number of alkyl halides is 8. The largest absolute Gasteiger partial charge is 0.395 e. The lowest BCUT2D eigenvalue weighted by Crippen LogP contribution is -2.66. The fourth-order valence-electron chi connectivity index (χ4n) is 5.46. The first kappa shape index (κ1) is 42.6. The second-order valence-electron chi connectivity index (χ2n) is 12.2. The average Bonchev–Trinajstić information content (AvgIpc) is 3.19.